The maximum absolute atomic E-state index is 11.3. The number of ether oxygens (including phenoxy) is 1. The summed E-state index contributed by atoms with van der Waals surface area (Å²) in [5.74, 6) is -1.35. The number of amidine groups is 1. The Morgan fingerprint density at radius 1 is 0.853 bits per heavy atom. The van der Waals surface area contributed by atoms with E-state index in [0.717, 1.165) is 16.7 Å². The van der Waals surface area contributed by atoms with Crippen molar-refractivity contribution in [3.8, 4) is 11.5 Å². The van der Waals surface area contributed by atoms with Crippen molar-refractivity contribution in [1.29, 1.82) is 0 Å². The van der Waals surface area contributed by atoms with Gasteiger partial charge in [-0.3, -0.25) is 0 Å². The number of benzene rings is 3. The molecule has 0 fully saturated rings. The van der Waals surface area contributed by atoms with Gasteiger partial charge in [0.25, 0.3) is 0 Å². The summed E-state index contributed by atoms with van der Waals surface area (Å²) in [6.07, 6.45) is 0. The van der Waals surface area contributed by atoms with Crippen molar-refractivity contribution in [3.05, 3.63) is 94.6 Å². The van der Waals surface area contributed by atoms with Crippen molar-refractivity contribution in [3.63, 3.8) is 0 Å². The second-order valence-electron chi connectivity index (χ2n) is 7.52. The fourth-order valence-corrected chi connectivity index (χ4v) is 3.61. The average Bonchev–Trinajstić information content (AvgIpc) is 3.16. The Balaban J connectivity index is 1.85. The fourth-order valence-electron chi connectivity index (χ4n) is 3.61. The fraction of sp³-hybridized carbons (Fsp3) is 0.0769. The van der Waals surface area contributed by atoms with E-state index in [-0.39, 0.29) is 22.6 Å². The Morgan fingerprint density at radius 3 is 1.94 bits per heavy atom. The third kappa shape index (κ3) is 4.29. The topological polar surface area (TPSA) is 129 Å². The van der Waals surface area contributed by atoms with Crippen LogP contribution in [-0.4, -0.2) is 45.9 Å². The third-order valence-electron chi connectivity index (χ3n) is 5.39. The van der Waals surface area contributed by atoms with Gasteiger partial charge < -0.3 is 20.1 Å². The lowest BCUT2D eigenvalue weighted by atomic mass is 9.93. The molecule has 8 heteroatoms. The molecule has 1 aliphatic rings. The largest absolute Gasteiger partial charge is 0.504 e. The van der Waals surface area contributed by atoms with Crippen LogP contribution in [0.4, 0.5) is 5.69 Å². The monoisotopic (exact) mass is 456 g/mol. The van der Waals surface area contributed by atoms with Crippen LogP contribution in [0.2, 0.25) is 0 Å². The van der Waals surface area contributed by atoms with Crippen molar-refractivity contribution in [1.82, 2.24) is 0 Å². The molecule has 3 N–H and O–H groups in total. The van der Waals surface area contributed by atoms with Crippen LogP contribution < -0.4 is 4.74 Å². The number of carboxylic acids is 2. The van der Waals surface area contributed by atoms with E-state index in [9.17, 15) is 24.9 Å². The van der Waals surface area contributed by atoms with Crippen LogP contribution >= 0.6 is 0 Å². The van der Waals surface area contributed by atoms with E-state index in [1.807, 2.05) is 6.92 Å². The van der Waals surface area contributed by atoms with Gasteiger partial charge in [0.05, 0.1) is 29.6 Å². The summed E-state index contributed by atoms with van der Waals surface area (Å²) in [6, 6.07) is 17.5. The summed E-state index contributed by atoms with van der Waals surface area (Å²) in [4.78, 5) is 31.9. The molecule has 3 aromatic carbocycles. The zero-order valence-electron chi connectivity index (χ0n) is 18.3. The van der Waals surface area contributed by atoms with Gasteiger partial charge in [0.1, 0.15) is 0 Å². The Hall–Kier alpha value is -4.72. The minimum absolute atomic E-state index is 0.00736. The lowest BCUT2D eigenvalue weighted by Gasteiger charge is -2.10. The molecule has 4 rings (SSSR count). The Morgan fingerprint density at radius 2 is 1.41 bits per heavy atom. The van der Waals surface area contributed by atoms with Crippen molar-refractivity contribution >= 4 is 34.7 Å². The van der Waals surface area contributed by atoms with Crippen molar-refractivity contribution < 1.29 is 29.6 Å². The molecule has 0 atom stereocenters. The van der Waals surface area contributed by atoms with Crippen molar-refractivity contribution in [2.45, 2.75) is 6.92 Å². The number of aliphatic imine (C=N–C) groups is 2. The number of methoxy groups -OCH3 is 1. The lowest BCUT2D eigenvalue weighted by Crippen LogP contribution is -2.04. The molecule has 0 spiro atoms. The predicted molar refractivity (Wildman–Crippen MR) is 128 cm³/mol. The van der Waals surface area contributed by atoms with Gasteiger partial charge in [-0.2, -0.15) is 0 Å². The maximum atomic E-state index is 11.3. The molecule has 0 saturated heterocycles. The summed E-state index contributed by atoms with van der Waals surface area (Å²) in [7, 11) is 1.45. The van der Waals surface area contributed by atoms with Crippen LogP contribution in [0.3, 0.4) is 0 Å². The highest BCUT2D eigenvalue weighted by Crippen LogP contribution is 2.34. The number of carboxylic acid groups (broad SMARTS) is 2. The summed E-state index contributed by atoms with van der Waals surface area (Å²) in [5.41, 5.74) is 4.37. The quantitative estimate of drug-likeness (QED) is 0.488. The summed E-state index contributed by atoms with van der Waals surface area (Å²) in [5, 5.41) is 28.3. The number of hydrogen-bond acceptors (Lipinski definition) is 5. The van der Waals surface area contributed by atoms with Crippen LogP contribution in [0.1, 0.15) is 38.8 Å². The highest BCUT2D eigenvalue weighted by atomic mass is 16.5. The van der Waals surface area contributed by atoms with Gasteiger partial charge in [0.2, 0.25) is 0 Å². The molecule has 0 aliphatic carbocycles. The van der Waals surface area contributed by atoms with E-state index in [2.05, 4.69) is 4.99 Å². The first-order valence-electron chi connectivity index (χ1n) is 10.2. The molecule has 34 heavy (non-hydrogen) atoms. The van der Waals surface area contributed by atoms with Gasteiger partial charge in [0, 0.05) is 22.8 Å². The van der Waals surface area contributed by atoms with Crippen LogP contribution in [0.5, 0.6) is 11.5 Å². The first-order chi connectivity index (χ1) is 16.3. The molecular formula is C26H20N2O6. The normalized spacial score (nSPS) is 14.3. The molecule has 8 nitrogen and oxygen atoms in total. The zero-order chi connectivity index (χ0) is 24.4. The van der Waals surface area contributed by atoms with E-state index in [1.165, 1.54) is 37.4 Å². The van der Waals surface area contributed by atoms with Gasteiger partial charge in [-0.05, 0) is 48.9 Å². The molecule has 1 heterocycles. The SMILES string of the molecule is COc1cc(N=C2N=C(c3ccc(C(=O)O)cc3)C(c3ccc(C(=O)O)cc3)=C2C)ccc1O. The predicted octanol–water partition coefficient (Wildman–Crippen LogP) is 4.80. The minimum Gasteiger partial charge on any atom is -0.504 e. The van der Waals surface area contributed by atoms with Crippen molar-refractivity contribution in [2.75, 3.05) is 7.11 Å². The summed E-state index contributed by atoms with van der Waals surface area (Å²) in [6.45, 7) is 1.86. The van der Waals surface area contributed by atoms with Crippen LogP contribution in [0.25, 0.3) is 5.57 Å². The molecule has 1 aliphatic heterocycles. The van der Waals surface area contributed by atoms with E-state index in [4.69, 9.17) is 9.73 Å². The molecule has 0 unspecified atom stereocenters. The van der Waals surface area contributed by atoms with Crippen LogP contribution in [0.15, 0.2) is 82.3 Å². The molecule has 0 amide bonds. The molecule has 0 radical (unpaired) electrons. The highest BCUT2D eigenvalue weighted by molar-refractivity contribution is 6.42. The Labute approximate surface area is 194 Å². The van der Waals surface area contributed by atoms with Gasteiger partial charge in [-0.25, -0.2) is 19.6 Å². The third-order valence-corrected chi connectivity index (χ3v) is 5.39. The maximum Gasteiger partial charge on any atom is 0.335 e. The van der Waals surface area contributed by atoms with Crippen LogP contribution in [0, 0.1) is 0 Å². The number of nitrogens with zero attached hydrogens (tertiary/aromatic N) is 2. The second-order valence-corrected chi connectivity index (χ2v) is 7.52. The number of aromatic hydroxyl groups is 1. The molecule has 0 bridgehead atoms. The zero-order valence-corrected chi connectivity index (χ0v) is 18.3. The van der Waals surface area contributed by atoms with E-state index < -0.39 is 11.9 Å². The number of carbonyl (C=O) groups is 2. The summed E-state index contributed by atoms with van der Waals surface area (Å²) >= 11 is 0. The number of phenolic OH excluding ortho intramolecular Hbond substituents is 1. The van der Waals surface area contributed by atoms with E-state index >= 15 is 0 Å². The smallest absolute Gasteiger partial charge is 0.335 e. The Bertz CT molecular complexity index is 1380. The Kier molecular flexibility index (Phi) is 5.97. The summed E-state index contributed by atoms with van der Waals surface area (Å²) < 4.78 is 5.16. The molecule has 0 saturated carbocycles. The highest BCUT2D eigenvalue weighted by Gasteiger charge is 2.25. The number of allylic oxidation sites excluding steroid dienone is 1. The van der Waals surface area contributed by atoms with Gasteiger partial charge in [0.15, 0.2) is 17.3 Å². The minimum atomic E-state index is -1.03. The number of aromatic carboxylic acids is 2. The van der Waals surface area contributed by atoms with Crippen LogP contribution in [-0.2, 0) is 0 Å². The number of rotatable bonds is 6. The van der Waals surface area contributed by atoms with Crippen molar-refractivity contribution in [2.24, 2.45) is 9.98 Å². The van der Waals surface area contributed by atoms with E-state index in [1.54, 1.807) is 36.4 Å². The average molecular weight is 456 g/mol. The standard InChI is InChI=1S/C26H20N2O6/c1-14-22(15-3-7-17(8-4-15)25(30)31)23(16-5-9-18(10-6-16)26(32)33)28-24(14)27-19-11-12-20(29)21(13-19)34-2/h3-13,29H,1-2H3,(H,30,31)(H,32,33). The van der Waals surface area contributed by atoms with Gasteiger partial charge in [-0.15, -0.1) is 0 Å². The number of hydrogen-bond donors (Lipinski definition) is 3. The molecule has 170 valence electrons. The molecule has 3 aromatic rings. The van der Waals surface area contributed by atoms with Gasteiger partial charge >= 0.3 is 11.9 Å². The lowest BCUT2D eigenvalue weighted by molar-refractivity contribution is 0.0686. The number of phenols is 1. The first-order valence-corrected chi connectivity index (χ1v) is 10.2. The van der Waals surface area contributed by atoms with Gasteiger partial charge in [-0.1, -0.05) is 24.3 Å². The second kappa shape index (κ2) is 9.03. The molecular weight excluding hydrogens is 436 g/mol. The molecule has 0 aromatic heterocycles. The first kappa shape index (κ1) is 22.5. The van der Waals surface area contributed by atoms with E-state index in [0.29, 0.717) is 22.8 Å².